The summed E-state index contributed by atoms with van der Waals surface area (Å²) in [6, 6.07) is 3.07. The van der Waals surface area contributed by atoms with E-state index in [1.54, 1.807) is 40.0 Å². The van der Waals surface area contributed by atoms with Gasteiger partial charge in [0.15, 0.2) is 0 Å². The third-order valence-corrected chi connectivity index (χ3v) is 1.96. The zero-order valence-corrected chi connectivity index (χ0v) is 11.0. The van der Waals surface area contributed by atoms with Crippen LogP contribution in [-0.4, -0.2) is 22.1 Å². The molecule has 6 heteroatoms. The lowest BCUT2D eigenvalue weighted by atomic mass is 10.2. The fourth-order valence-corrected chi connectivity index (χ4v) is 1.29. The van der Waals surface area contributed by atoms with E-state index in [2.05, 4.69) is 5.32 Å². The zero-order chi connectivity index (χ0) is 13.9. The van der Waals surface area contributed by atoms with Crippen LogP contribution in [0.1, 0.15) is 27.7 Å². The molecule has 3 N–H and O–H groups in total. The van der Waals surface area contributed by atoms with Crippen molar-refractivity contribution < 1.29 is 9.53 Å². The van der Waals surface area contributed by atoms with E-state index >= 15 is 0 Å². The van der Waals surface area contributed by atoms with Crippen LogP contribution in [0, 0.1) is 10.8 Å². The average molecular weight is 250 g/mol. The molecule has 0 aliphatic carbocycles. The maximum atomic E-state index is 11.5. The van der Waals surface area contributed by atoms with Crippen molar-refractivity contribution in [2.45, 2.75) is 33.3 Å². The maximum absolute atomic E-state index is 11.5. The molecule has 0 aromatic carbocycles. The summed E-state index contributed by atoms with van der Waals surface area (Å²) in [5, 5.41) is 17.7. The van der Waals surface area contributed by atoms with Crippen LogP contribution in [0.3, 0.4) is 0 Å². The van der Waals surface area contributed by atoms with Crippen LogP contribution in [0.4, 0.5) is 10.5 Å². The van der Waals surface area contributed by atoms with Crippen molar-refractivity contribution >= 4 is 17.6 Å². The lowest BCUT2D eigenvalue weighted by molar-refractivity contribution is 0.0636. The smallest absolute Gasteiger partial charge is 0.412 e. The number of pyridine rings is 1. The molecule has 0 fully saturated rings. The predicted octanol–water partition coefficient (Wildman–Crippen LogP) is 2.16. The summed E-state index contributed by atoms with van der Waals surface area (Å²) in [5.74, 6) is 0.240. The molecule has 1 aromatic rings. The van der Waals surface area contributed by atoms with Gasteiger partial charge in [-0.1, -0.05) is 0 Å². The van der Waals surface area contributed by atoms with Crippen LogP contribution in [0.5, 0.6) is 0 Å². The number of anilines is 1. The zero-order valence-electron chi connectivity index (χ0n) is 11.0. The number of amides is 1. The first-order valence-electron chi connectivity index (χ1n) is 5.52. The summed E-state index contributed by atoms with van der Waals surface area (Å²) in [7, 11) is 0. The van der Waals surface area contributed by atoms with E-state index in [1.807, 2.05) is 0 Å². The molecule has 6 nitrogen and oxygen atoms in total. The minimum atomic E-state index is -0.564. The number of ether oxygens (including phenoxy) is 1. The van der Waals surface area contributed by atoms with Gasteiger partial charge >= 0.3 is 6.09 Å². The van der Waals surface area contributed by atoms with Crippen molar-refractivity contribution in [3.05, 3.63) is 23.8 Å². The minimum Gasteiger partial charge on any atom is -0.444 e. The van der Waals surface area contributed by atoms with Gasteiger partial charge in [-0.25, -0.2) is 4.79 Å². The van der Waals surface area contributed by atoms with E-state index in [-0.39, 0.29) is 11.3 Å². The summed E-state index contributed by atoms with van der Waals surface area (Å²) >= 11 is 0. The monoisotopic (exact) mass is 250 g/mol. The van der Waals surface area contributed by atoms with E-state index in [0.717, 1.165) is 0 Å². The van der Waals surface area contributed by atoms with E-state index in [9.17, 15) is 4.79 Å². The van der Waals surface area contributed by atoms with E-state index in [4.69, 9.17) is 15.6 Å². The number of nitrogens with zero attached hydrogens (tertiary/aromatic N) is 1. The van der Waals surface area contributed by atoms with Gasteiger partial charge in [-0.05, 0) is 33.8 Å². The summed E-state index contributed by atoms with van der Waals surface area (Å²) in [6.45, 7) is 6.92. The van der Waals surface area contributed by atoms with Crippen molar-refractivity contribution in [3.63, 3.8) is 0 Å². The van der Waals surface area contributed by atoms with Crippen LogP contribution in [-0.2, 0) is 4.74 Å². The van der Waals surface area contributed by atoms with Crippen molar-refractivity contribution in [2.75, 3.05) is 5.32 Å². The Morgan fingerprint density at radius 1 is 1.44 bits per heavy atom. The third kappa shape index (κ3) is 4.04. The first-order valence-corrected chi connectivity index (χ1v) is 5.52. The molecule has 0 atom stereocenters. The standard InChI is InChI=1S/C12H18N4O2/c1-8(13)16-6-5-9(7-10(16)14)15-11(17)18-12(2,3)4/h5-7,13-14H,1-4H3,(H,15,17). The van der Waals surface area contributed by atoms with Crippen molar-refractivity contribution in [1.82, 2.24) is 4.57 Å². The van der Waals surface area contributed by atoms with Crippen LogP contribution in [0.25, 0.3) is 0 Å². The van der Waals surface area contributed by atoms with E-state index in [0.29, 0.717) is 5.69 Å². The Morgan fingerprint density at radius 2 is 2.06 bits per heavy atom. The Balaban J connectivity index is 2.82. The number of hydrogen-bond donors (Lipinski definition) is 3. The Bertz CT molecular complexity index is 526. The highest BCUT2D eigenvalue weighted by atomic mass is 16.6. The van der Waals surface area contributed by atoms with Crippen molar-refractivity contribution in [2.24, 2.45) is 0 Å². The molecule has 1 aromatic heterocycles. The largest absolute Gasteiger partial charge is 0.444 e. The molecule has 0 unspecified atom stereocenters. The maximum Gasteiger partial charge on any atom is 0.412 e. The first-order chi connectivity index (χ1) is 8.19. The first kappa shape index (κ1) is 14.0. The molecule has 0 radical (unpaired) electrons. The lowest BCUT2D eigenvalue weighted by Crippen LogP contribution is -2.28. The number of carbonyl (C=O) groups is 1. The Morgan fingerprint density at radius 3 is 2.50 bits per heavy atom. The average Bonchev–Trinajstić information content (AvgIpc) is 2.13. The fraction of sp³-hybridized carbons (Fsp3) is 0.417. The Labute approximate surface area is 106 Å². The molecule has 0 saturated heterocycles. The number of carbonyl (C=O) groups excluding carboxylic acids is 1. The molecule has 1 amide bonds. The second-order valence-electron chi connectivity index (χ2n) is 4.88. The number of hydrogen-bond acceptors (Lipinski definition) is 4. The van der Waals surface area contributed by atoms with Gasteiger partial charge in [-0.15, -0.1) is 0 Å². The van der Waals surface area contributed by atoms with Gasteiger partial charge in [0.1, 0.15) is 16.9 Å². The predicted molar refractivity (Wildman–Crippen MR) is 68.9 cm³/mol. The summed E-state index contributed by atoms with van der Waals surface area (Å²) in [5.41, 5.74) is 0.0245. The van der Waals surface area contributed by atoms with E-state index in [1.165, 1.54) is 10.6 Å². The second kappa shape index (κ2) is 5.03. The SMILES string of the molecule is CC(=N)n1ccc(NC(=O)OC(C)(C)C)cc1=N. The molecular formula is C12H18N4O2. The van der Waals surface area contributed by atoms with Gasteiger partial charge in [-0.3, -0.25) is 20.7 Å². The van der Waals surface area contributed by atoms with Gasteiger partial charge in [-0.2, -0.15) is 0 Å². The summed E-state index contributed by atoms with van der Waals surface area (Å²) in [6.07, 6.45) is 0.989. The van der Waals surface area contributed by atoms with E-state index < -0.39 is 11.7 Å². The Hall–Kier alpha value is -2.11. The van der Waals surface area contributed by atoms with Crippen LogP contribution < -0.4 is 10.8 Å². The van der Waals surface area contributed by atoms with Crippen molar-refractivity contribution in [1.29, 1.82) is 10.8 Å². The van der Waals surface area contributed by atoms with Crippen LogP contribution >= 0.6 is 0 Å². The highest BCUT2D eigenvalue weighted by Crippen LogP contribution is 2.10. The molecular weight excluding hydrogens is 232 g/mol. The third-order valence-electron chi connectivity index (χ3n) is 1.96. The topological polar surface area (TPSA) is 91.0 Å². The lowest BCUT2D eigenvalue weighted by Gasteiger charge is -2.19. The molecule has 18 heavy (non-hydrogen) atoms. The molecule has 1 rings (SSSR count). The minimum absolute atomic E-state index is 0.121. The Kier molecular flexibility index (Phi) is 3.90. The highest BCUT2D eigenvalue weighted by Gasteiger charge is 2.16. The molecule has 1 heterocycles. The van der Waals surface area contributed by atoms with Crippen LogP contribution in [0.15, 0.2) is 18.3 Å². The molecule has 98 valence electrons. The fourth-order valence-electron chi connectivity index (χ4n) is 1.29. The van der Waals surface area contributed by atoms with Crippen LogP contribution in [0.2, 0.25) is 0 Å². The normalized spacial score (nSPS) is 10.9. The molecule has 0 aliphatic heterocycles. The number of nitrogens with one attached hydrogen (secondary N) is 3. The van der Waals surface area contributed by atoms with Gasteiger partial charge in [0.25, 0.3) is 0 Å². The molecule has 0 aliphatic rings. The van der Waals surface area contributed by atoms with Gasteiger partial charge in [0, 0.05) is 18.0 Å². The summed E-state index contributed by atoms with van der Waals surface area (Å²) < 4.78 is 6.49. The highest BCUT2D eigenvalue weighted by molar-refractivity contribution is 5.85. The number of rotatable bonds is 1. The molecule has 0 saturated carbocycles. The summed E-state index contributed by atoms with van der Waals surface area (Å²) in [4.78, 5) is 11.5. The quantitative estimate of drug-likeness (QED) is 0.526. The van der Waals surface area contributed by atoms with Gasteiger partial charge in [0.2, 0.25) is 0 Å². The second-order valence-corrected chi connectivity index (χ2v) is 4.88. The number of aromatic nitrogens is 1. The van der Waals surface area contributed by atoms with Gasteiger partial charge in [0.05, 0.1) is 0 Å². The molecule has 0 spiro atoms. The van der Waals surface area contributed by atoms with Gasteiger partial charge < -0.3 is 4.74 Å². The van der Waals surface area contributed by atoms with Crippen molar-refractivity contribution in [3.8, 4) is 0 Å². The molecule has 0 bridgehead atoms.